The Balaban J connectivity index is 0. The molecule has 0 aromatic heterocycles. The Kier molecular flexibility index (Phi) is 21.6. The Bertz CT molecular complexity index is 452. The molecule has 4 nitrogen and oxygen atoms in total. The van der Waals surface area contributed by atoms with Crippen LogP contribution in [0, 0.1) is 18.8 Å². The normalized spacial score (nSPS) is 12.5. The lowest BCUT2D eigenvalue weighted by Crippen LogP contribution is -2.28. The molecule has 1 unspecified atom stereocenters. The average Bonchev–Trinajstić information content (AvgIpc) is 2.67. The lowest BCUT2D eigenvalue weighted by Gasteiger charge is -2.20. The van der Waals surface area contributed by atoms with E-state index in [1.807, 2.05) is 18.9 Å². The highest BCUT2D eigenvalue weighted by Gasteiger charge is 2.08. The van der Waals surface area contributed by atoms with Gasteiger partial charge in [0.25, 0.3) is 0 Å². The maximum Gasteiger partial charge on any atom is 0.0745 e. The summed E-state index contributed by atoms with van der Waals surface area (Å²) in [6.07, 6.45) is 10.0. The third-order valence-corrected chi connectivity index (χ3v) is 4.70. The van der Waals surface area contributed by atoms with Crippen molar-refractivity contribution in [2.24, 2.45) is 5.92 Å². The van der Waals surface area contributed by atoms with E-state index in [1.54, 1.807) is 6.92 Å². The lowest BCUT2D eigenvalue weighted by atomic mass is 10.0. The SMILES string of the molecule is C#C.CCOCC(C)O.CN[C@H](CCSN(C)CC(C)C)Cc1ccccc1. The molecule has 0 saturated heterocycles. The van der Waals surface area contributed by atoms with Crippen molar-refractivity contribution in [3.05, 3.63) is 35.9 Å². The van der Waals surface area contributed by atoms with E-state index in [1.165, 1.54) is 17.7 Å². The molecule has 0 fully saturated rings. The predicted octanol–water partition coefficient (Wildman–Crippen LogP) is 4.10. The Morgan fingerprint density at radius 1 is 1.18 bits per heavy atom. The summed E-state index contributed by atoms with van der Waals surface area (Å²) in [5.74, 6) is 1.92. The van der Waals surface area contributed by atoms with E-state index < -0.39 is 0 Å². The van der Waals surface area contributed by atoms with Crippen molar-refractivity contribution in [2.75, 3.05) is 39.6 Å². The molecule has 0 aliphatic heterocycles. The summed E-state index contributed by atoms with van der Waals surface area (Å²) < 4.78 is 7.21. The number of aliphatic hydroxyl groups excluding tert-OH is 1. The van der Waals surface area contributed by atoms with E-state index in [-0.39, 0.29) is 6.10 Å². The van der Waals surface area contributed by atoms with Gasteiger partial charge in [-0.2, -0.15) is 0 Å². The lowest BCUT2D eigenvalue weighted by molar-refractivity contribution is 0.0527. The van der Waals surface area contributed by atoms with E-state index in [0.717, 1.165) is 18.9 Å². The fraction of sp³-hybridized carbons (Fsp3) is 0.652. The fourth-order valence-electron chi connectivity index (χ4n) is 2.45. The molecule has 0 aliphatic carbocycles. The maximum atomic E-state index is 8.56. The number of rotatable bonds is 12. The third kappa shape index (κ3) is 19.7. The van der Waals surface area contributed by atoms with E-state index >= 15 is 0 Å². The summed E-state index contributed by atoms with van der Waals surface area (Å²) in [5, 5.41) is 12.0. The Morgan fingerprint density at radius 2 is 1.79 bits per heavy atom. The Labute approximate surface area is 178 Å². The molecular formula is C23H42N2O2S. The van der Waals surface area contributed by atoms with Crippen molar-refractivity contribution < 1.29 is 9.84 Å². The van der Waals surface area contributed by atoms with Crippen molar-refractivity contribution in [3.8, 4) is 12.8 Å². The second-order valence-electron chi connectivity index (χ2n) is 7.01. The van der Waals surface area contributed by atoms with Crippen LogP contribution < -0.4 is 5.32 Å². The molecule has 0 heterocycles. The molecule has 0 spiro atoms. The van der Waals surface area contributed by atoms with Crippen LogP contribution >= 0.6 is 11.9 Å². The zero-order chi connectivity index (χ0) is 21.8. The topological polar surface area (TPSA) is 44.7 Å². The van der Waals surface area contributed by atoms with Gasteiger partial charge in [0, 0.05) is 24.9 Å². The molecule has 5 heteroatoms. The van der Waals surface area contributed by atoms with Crippen molar-refractivity contribution in [3.63, 3.8) is 0 Å². The van der Waals surface area contributed by atoms with Gasteiger partial charge in [-0.15, -0.1) is 12.8 Å². The number of ether oxygens (including phenoxy) is 1. The number of hydrogen-bond acceptors (Lipinski definition) is 5. The fourth-order valence-corrected chi connectivity index (χ4v) is 3.56. The van der Waals surface area contributed by atoms with Crippen LogP contribution in [0.2, 0.25) is 0 Å². The minimum absolute atomic E-state index is 0.319. The monoisotopic (exact) mass is 410 g/mol. The molecule has 1 aromatic carbocycles. The van der Waals surface area contributed by atoms with Crippen LogP contribution in [0.1, 0.15) is 39.7 Å². The van der Waals surface area contributed by atoms with E-state index in [4.69, 9.17) is 9.84 Å². The Morgan fingerprint density at radius 3 is 2.21 bits per heavy atom. The van der Waals surface area contributed by atoms with Crippen LogP contribution in [0.25, 0.3) is 0 Å². The molecule has 0 radical (unpaired) electrons. The van der Waals surface area contributed by atoms with Crippen molar-refractivity contribution in [1.29, 1.82) is 0 Å². The van der Waals surface area contributed by atoms with Gasteiger partial charge in [0.15, 0.2) is 0 Å². The number of terminal acetylenes is 1. The summed E-state index contributed by atoms with van der Waals surface area (Å²) in [7, 11) is 4.26. The molecule has 2 N–H and O–H groups in total. The largest absolute Gasteiger partial charge is 0.391 e. The van der Waals surface area contributed by atoms with Gasteiger partial charge in [0.05, 0.1) is 12.7 Å². The van der Waals surface area contributed by atoms with Gasteiger partial charge in [-0.25, -0.2) is 0 Å². The summed E-state index contributed by atoms with van der Waals surface area (Å²) >= 11 is 1.95. The summed E-state index contributed by atoms with van der Waals surface area (Å²) in [6, 6.07) is 11.3. The van der Waals surface area contributed by atoms with Crippen molar-refractivity contribution in [2.45, 2.75) is 52.7 Å². The first-order valence-corrected chi connectivity index (χ1v) is 11.0. The van der Waals surface area contributed by atoms with Gasteiger partial charge in [-0.05, 0) is 52.3 Å². The van der Waals surface area contributed by atoms with Gasteiger partial charge in [0.2, 0.25) is 0 Å². The molecule has 0 aliphatic rings. The zero-order valence-electron chi connectivity index (χ0n) is 18.7. The minimum atomic E-state index is -0.319. The smallest absolute Gasteiger partial charge is 0.0745 e. The second-order valence-corrected chi connectivity index (χ2v) is 8.30. The molecular weight excluding hydrogens is 368 g/mol. The quantitative estimate of drug-likeness (QED) is 0.401. The van der Waals surface area contributed by atoms with E-state index in [9.17, 15) is 0 Å². The van der Waals surface area contributed by atoms with Gasteiger partial charge >= 0.3 is 0 Å². The minimum Gasteiger partial charge on any atom is -0.391 e. The first-order valence-electron chi connectivity index (χ1n) is 10.0. The molecule has 1 aromatic rings. The van der Waals surface area contributed by atoms with Crippen LogP contribution in [0.15, 0.2) is 30.3 Å². The number of hydrogen-bond donors (Lipinski definition) is 2. The van der Waals surface area contributed by atoms with Crippen LogP contribution in [0.5, 0.6) is 0 Å². The highest BCUT2D eigenvalue weighted by Crippen LogP contribution is 2.14. The number of nitrogens with zero attached hydrogens (tertiary/aromatic N) is 1. The van der Waals surface area contributed by atoms with Crippen LogP contribution in [0.4, 0.5) is 0 Å². The van der Waals surface area contributed by atoms with Crippen LogP contribution in [-0.4, -0.2) is 61.2 Å². The standard InChI is InChI=1S/C16H28N2S.C5H12O2.C2H2/c1-14(2)13-18(4)19-11-10-16(17-3)12-15-8-6-5-7-9-15;1-3-7-4-5(2)6;1-2/h5-9,14,16-17H,10-13H2,1-4H3;5-6H,3-4H2,1-2H3;1-2H/t16-;;/m1../s1. The molecule has 162 valence electrons. The summed E-state index contributed by atoms with van der Waals surface area (Å²) in [6.45, 7) is 10.4. The summed E-state index contributed by atoms with van der Waals surface area (Å²) in [4.78, 5) is 0. The van der Waals surface area contributed by atoms with E-state index in [0.29, 0.717) is 19.3 Å². The van der Waals surface area contributed by atoms with Gasteiger partial charge in [0.1, 0.15) is 0 Å². The maximum absolute atomic E-state index is 8.56. The number of nitrogens with one attached hydrogen (secondary N) is 1. The number of aliphatic hydroxyl groups is 1. The van der Waals surface area contributed by atoms with Crippen molar-refractivity contribution in [1.82, 2.24) is 9.62 Å². The average molecular weight is 411 g/mol. The number of likely N-dealkylation sites (N-methyl/N-ethyl adjacent to an activating group) is 1. The van der Waals surface area contributed by atoms with Gasteiger partial charge in [-0.1, -0.05) is 56.1 Å². The number of benzene rings is 1. The molecule has 0 saturated carbocycles. The molecule has 1 rings (SSSR count). The Hall–Kier alpha value is -1.03. The third-order valence-electron chi connectivity index (χ3n) is 3.70. The molecule has 0 bridgehead atoms. The van der Waals surface area contributed by atoms with Crippen LogP contribution in [-0.2, 0) is 11.2 Å². The second kappa shape index (κ2) is 20.7. The van der Waals surface area contributed by atoms with Gasteiger partial charge < -0.3 is 15.2 Å². The molecule has 2 atom stereocenters. The van der Waals surface area contributed by atoms with E-state index in [2.05, 4.69) is 80.7 Å². The highest BCUT2D eigenvalue weighted by molar-refractivity contribution is 7.96. The zero-order valence-corrected chi connectivity index (χ0v) is 19.5. The predicted molar refractivity (Wildman–Crippen MR) is 126 cm³/mol. The molecule has 28 heavy (non-hydrogen) atoms. The van der Waals surface area contributed by atoms with Crippen molar-refractivity contribution >= 4 is 11.9 Å². The first-order chi connectivity index (χ1) is 13.4. The summed E-state index contributed by atoms with van der Waals surface area (Å²) in [5.41, 5.74) is 1.42. The first kappa shape index (κ1) is 29.2. The van der Waals surface area contributed by atoms with Gasteiger partial charge in [-0.3, -0.25) is 4.31 Å². The van der Waals surface area contributed by atoms with Crippen LogP contribution in [0.3, 0.4) is 0 Å². The molecule has 0 amide bonds. The highest BCUT2D eigenvalue weighted by atomic mass is 32.2.